The van der Waals surface area contributed by atoms with Crippen molar-refractivity contribution < 1.29 is 8.42 Å². The van der Waals surface area contributed by atoms with Gasteiger partial charge >= 0.3 is 0 Å². The number of nitrogens with one attached hydrogen (secondary N) is 2. The number of sulfone groups is 1. The van der Waals surface area contributed by atoms with Crippen LogP contribution in [0.1, 0.15) is 26.7 Å². The maximum Gasteiger partial charge on any atom is 0.191 e. The molecule has 0 atom stereocenters. The first-order valence-corrected chi connectivity index (χ1v) is 7.52. The number of guanidine groups is 1. The van der Waals surface area contributed by atoms with Crippen LogP contribution in [-0.4, -0.2) is 46.0 Å². The van der Waals surface area contributed by atoms with E-state index in [9.17, 15) is 8.42 Å². The van der Waals surface area contributed by atoms with Gasteiger partial charge in [-0.1, -0.05) is 20.3 Å². The highest BCUT2D eigenvalue weighted by molar-refractivity contribution is 7.91. The third-order valence-electron chi connectivity index (χ3n) is 2.19. The Kier molecular flexibility index (Phi) is 7.97. The molecular weight excluding hydrogens is 226 g/mol. The van der Waals surface area contributed by atoms with Gasteiger partial charge in [-0.15, -0.1) is 0 Å². The van der Waals surface area contributed by atoms with Gasteiger partial charge in [-0.3, -0.25) is 4.99 Å². The average molecular weight is 249 g/mol. The zero-order valence-electron chi connectivity index (χ0n) is 10.4. The molecule has 0 spiro atoms. The third-order valence-corrected chi connectivity index (χ3v) is 3.90. The van der Waals surface area contributed by atoms with Crippen LogP contribution in [0, 0.1) is 0 Å². The van der Waals surface area contributed by atoms with E-state index in [1.165, 1.54) is 0 Å². The predicted octanol–water partition coefficient (Wildman–Crippen LogP) is 0.386. The lowest BCUT2D eigenvalue weighted by Crippen LogP contribution is -2.40. The standard InChI is InChI=1S/C10H23N3O2S/c1-4-6-7-12-10(11-3)13-8-9-16(14,15)5-2/h4-9H2,1-3H3,(H2,11,12,13). The SMILES string of the molecule is CCCCNC(=NC)NCCS(=O)(=O)CC. The van der Waals surface area contributed by atoms with E-state index < -0.39 is 9.84 Å². The fraction of sp³-hybridized carbons (Fsp3) is 0.900. The minimum absolute atomic E-state index is 0.151. The Morgan fingerprint density at radius 3 is 2.31 bits per heavy atom. The van der Waals surface area contributed by atoms with E-state index in [1.807, 2.05) is 0 Å². The first-order chi connectivity index (χ1) is 7.55. The molecule has 0 saturated carbocycles. The molecular formula is C10H23N3O2S. The summed E-state index contributed by atoms with van der Waals surface area (Å²) in [6, 6.07) is 0. The lowest BCUT2D eigenvalue weighted by Gasteiger charge is -2.11. The molecule has 0 aromatic carbocycles. The van der Waals surface area contributed by atoms with E-state index >= 15 is 0 Å². The van der Waals surface area contributed by atoms with Gasteiger partial charge in [0.05, 0.1) is 5.75 Å². The fourth-order valence-electron chi connectivity index (χ4n) is 1.07. The molecule has 0 aliphatic rings. The van der Waals surface area contributed by atoms with Gasteiger partial charge in [0, 0.05) is 25.9 Å². The summed E-state index contributed by atoms with van der Waals surface area (Å²) in [5, 5.41) is 6.10. The molecule has 5 nitrogen and oxygen atoms in total. The summed E-state index contributed by atoms with van der Waals surface area (Å²) in [5.41, 5.74) is 0. The van der Waals surface area contributed by atoms with Crippen LogP contribution in [0.15, 0.2) is 4.99 Å². The summed E-state index contributed by atoms with van der Waals surface area (Å²) < 4.78 is 22.5. The first kappa shape index (κ1) is 15.2. The second-order valence-corrected chi connectivity index (χ2v) is 5.99. The predicted molar refractivity (Wildman–Crippen MR) is 68.6 cm³/mol. The molecule has 0 aromatic rings. The monoisotopic (exact) mass is 249 g/mol. The van der Waals surface area contributed by atoms with Crippen LogP contribution in [0.3, 0.4) is 0 Å². The number of rotatable bonds is 7. The molecule has 0 radical (unpaired) electrons. The molecule has 0 aliphatic heterocycles. The number of nitrogens with zero attached hydrogens (tertiary/aromatic N) is 1. The molecule has 0 heterocycles. The third kappa shape index (κ3) is 7.50. The molecule has 0 unspecified atom stereocenters. The maximum atomic E-state index is 11.2. The number of aliphatic imine (C=N–C) groups is 1. The summed E-state index contributed by atoms with van der Waals surface area (Å²) in [4.78, 5) is 4.00. The van der Waals surface area contributed by atoms with Crippen LogP contribution < -0.4 is 10.6 Å². The topological polar surface area (TPSA) is 70.6 Å². The molecule has 0 aliphatic carbocycles. The van der Waals surface area contributed by atoms with Gasteiger partial charge in [-0.2, -0.15) is 0 Å². The van der Waals surface area contributed by atoms with Crippen molar-refractivity contribution in [2.45, 2.75) is 26.7 Å². The van der Waals surface area contributed by atoms with Crippen LogP contribution in [0.4, 0.5) is 0 Å². The van der Waals surface area contributed by atoms with Gasteiger partial charge in [0.25, 0.3) is 0 Å². The lowest BCUT2D eigenvalue weighted by molar-refractivity contribution is 0.595. The van der Waals surface area contributed by atoms with E-state index in [4.69, 9.17) is 0 Å². The zero-order valence-corrected chi connectivity index (χ0v) is 11.2. The first-order valence-electron chi connectivity index (χ1n) is 5.70. The Morgan fingerprint density at radius 2 is 1.81 bits per heavy atom. The molecule has 0 rings (SSSR count). The Hall–Kier alpha value is -0.780. The Bertz CT molecular complexity index is 299. The summed E-state index contributed by atoms with van der Waals surface area (Å²) in [5.74, 6) is 1.01. The van der Waals surface area contributed by atoms with Gasteiger partial charge in [0.2, 0.25) is 0 Å². The van der Waals surface area contributed by atoms with Crippen molar-refractivity contribution in [2.75, 3.05) is 31.6 Å². The highest BCUT2D eigenvalue weighted by Crippen LogP contribution is 1.87. The maximum absolute atomic E-state index is 11.2. The number of unbranched alkanes of at least 4 members (excludes halogenated alkanes) is 1. The largest absolute Gasteiger partial charge is 0.356 e. The normalized spacial score (nSPS) is 12.6. The van der Waals surface area contributed by atoms with Crippen molar-refractivity contribution in [1.29, 1.82) is 0 Å². The van der Waals surface area contributed by atoms with Crippen molar-refractivity contribution >= 4 is 15.8 Å². The van der Waals surface area contributed by atoms with Crippen LogP contribution >= 0.6 is 0 Å². The minimum Gasteiger partial charge on any atom is -0.356 e. The summed E-state index contributed by atoms with van der Waals surface area (Å²) in [6.45, 7) is 5.04. The molecule has 0 fully saturated rings. The molecule has 96 valence electrons. The van der Waals surface area contributed by atoms with Gasteiger partial charge in [-0.05, 0) is 6.42 Å². The van der Waals surface area contributed by atoms with Crippen LogP contribution in [-0.2, 0) is 9.84 Å². The van der Waals surface area contributed by atoms with Crippen LogP contribution in [0.25, 0.3) is 0 Å². The zero-order chi connectivity index (χ0) is 12.4. The molecule has 0 saturated heterocycles. The van der Waals surface area contributed by atoms with Crippen LogP contribution in [0.2, 0.25) is 0 Å². The molecule has 0 aromatic heterocycles. The van der Waals surface area contributed by atoms with E-state index in [1.54, 1.807) is 14.0 Å². The van der Waals surface area contributed by atoms with Gasteiger partial charge in [-0.25, -0.2) is 8.42 Å². The second-order valence-electron chi connectivity index (χ2n) is 3.52. The van der Waals surface area contributed by atoms with Crippen molar-refractivity contribution in [3.8, 4) is 0 Å². The van der Waals surface area contributed by atoms with Gasteiger partial charge in [0.1, 0.15) is 0 Å². The quantitative estimate of drug-likeness (QED) is 0.389. The van der Waals surface area contributed by atoms with E-state index in [0.717, 1.165) is 19.4 Å². The molecule has 0 bridgehead atoms. The van der Waals surface area contributed by atoms with Gasteiger partial charge < -0.3 is 10.6 Å². The van der Waals surface area contributed by atoms with Crippen molar-refractivity contribution in [2.24, 2.45) is 4.99 Å². The fourth-order valence-corrected chi connectivity index (χ4v) is 1.78. The number of hydrogen-bond acceptors (Lipinski definition) is 3. The Balaban J connectivity index is 3.81. The smallest absolute Gasteiger partial charge is 0.191 e. The minimum atomic E-state index is -2.89. The number of hydrogen-bond donors (Lipinski definition) is 2. The molecule has 2 N–H and O–H groups in total. The Labute approximate surface area is 98.6 Å². The van der Waals surface area contributed by atoms with Gasteiger partial charge in [0.15, 0.2) is 15.8 Å². The van der Waals surface area contributed by atoms with E-state index in [0.29, 0.717) is 12.5 Å². The Morgan fingerprint density at radius 1 is 1.19 bits per heavy atom. The summed E-state index contributed by atoms with van der Waals surface area (Å²) >= 11 is 0. The highest BCUT2D eigenvalue weighted by Gasteiger charge is 2.06. The van der Waals surface area contributed by atoms with Crippen molar-refractivity contribution in [3.05, 3.63) is 0 Å². The lowest BCUT2D eigenvalue weighted by atomic mass is 10.3. The highest BCUT2D eigenvalue weighted by atomic mass is 32.2. The van der Waals surface area contributed by atoms with Crippen molar-refractivity contribution in [3.63, 3.8) is 0 Å². The summed E-state index contributed by atoms with van der Waals surface area (Å²) in [7, 11) is -1.22. The average Bonchev–Trinajstić information content (AvgIpc) is 2.27. The summed E-state index contributed by atoms with van der Waals surface area (Å²) in [6.07, 6.45) is 2.20. The van der Waals surface area contributed by atoms with Crippen molar-refractivity contribution in [1.82, 2.24) is 10.6 Å². The van der Waals surface area contributed by atoms with E-state index in [2.05, 4.69) is 22.5 Å². The molecule has 6 heteroatoms. The van der Waals surface area contributed by atoms with Crippen LogP contribution in [0.5, 0.6) is 0 Å². The molecule has 0 amide bonds. The van der Waals surface area contributed by atoms with E-state index in [-0.39, 0.29) is 11.5 Å². The second kappa shape index (κ2) is 8.38. The molecule has 16 heavy (non-hydrogen) atoms.